The van der Waals surface area contributed by atoms with E-state index in [9.17, 15) is 9.59 Å². The van der Waals surface area contributed by atoms with Gasteiger partial charge >= 0.3 is 0 Å². The summed E-state index contributed by atoms with van der Waals surface area (Å²) in [4.78, 5) is 26.1. The number of nitrogens with one attached hydrogen (secondary N) is 1. The fourth-order valence-corrected chi connectivity index (χ4v) is 4.74. The molecule has 34 heavy (non-hydrogen) atoms. The van der Waals surface area contributed by atoms with E-state index in [1.54, 1.807) is 22.4 Å². The molecule has 0 fully saturated rings. The van der Waals surface area contributed by atoms with Crippen molar-refractivity contribution in [1.29, 1.82) is 0 Å². The molecule has 0 spiro atoms. The Morgan fingerprint density at radius 1 is 1.06 bits per heavy atom. The molecule has 0 unspecified atom stereocenters. The summed E-state index contributed by atoms with van der Waals surface area (Å²) in [6.45, 7) is 5.86. The molecule has 0 atom stereocenters. The van der Waals surface area contributed by atoms with Gasteiger partial charge in [0.1, 0.15) is 5.82 Å². The van der Waals surface area contributed by atoms with Crippen LogP contribution in [0.15, 0.2) is 58.5 Å². The van der Waals surface area contributed by atoms with Crippen LogP contribution in [0, 0.1) is 20.8 Å². The normalized spacial score (nSPS) is 11.4. The number of anilines is 1. The summed E-state index contributed by atoms with van der Waals surface area (Å²) in [6.07, 6.45) is 0. The van der Waals surface area contributed by atoms with E-state index >= 15 is 0 Å². The molecule has 9 nitrogen and oxygen atoms in total. The number of aromatic nitrogens is 6. The lowest BCUT2D eigenvalue weighted by Gasteiger charge is -2.14. The van der Waals surface area contributed by atoms with Gasteiger partial charge in [0.2, 0.25) is 11.7 Å². The van der Waals surface area contributed by atoms with Gasteiger partial charge in [0.05, 0.1) is 28.0 Å². The Morgan fingerprint density at radius 3 is 2.62 bits per heavy atom. The summed E-state index contributed by atoms with van der Waals surface area (Å²) in [5, 5.41) is 16.9. The second kappa shape index (κ2) is 8.45. The van der Waals surface area contributed by atoms with Gasteiger partial charge in [-0.05, 0) is 50.1 Å². The van der Waals surface area contributed by atoms with Crippen LogP contribution < -0.4 is 10.9 Å². The average molecular weight is 474 g/mol. The highest BCUT2D eigenvalue weighted by Crippen LogP contribution is 2.25. The minimum atomic E-state index is -0.183. The van der Waals surface area contributed by atoms with E-state index in [-0.39, 0.29) is 17.2 Å². The number of rotatable bonds is 5. The molecule has 172 valence electrons. The van der Waals surface area contributed by atoms with Crippen molar-refractivity contribution in [3.8, 4) is 5.69 Å². The third-order valence-electron chi connectivity index (χ3n) is 5.81. The van der Waals surface area contributed by atoms with Gasteiger partial charge in [-0.25, -0.2) is 4.57 Å². The number of fused-ring (bicyclic) bond motifs is 3. The zero-order valence-corrected chi connectivity index (χ0v) is 20.1. The van der Waals surface area contributed by atoms with Crippen molar-refractivity contribution in [2.45, 2.75) is 25.9 Å². The first kappa shape index (κ1) is 21.9. The molecule has 0 saturated heterocycles. The zero-order valence-electron chi connectivity index (χ0n) is 19.2. The molecule has 0 aliphatic rings. The zero-order chi connectivity index (χ0) is 24.0. The Balaban J connectivity index is 1.59. The summed E-state index contributed by atoms with van der Waals surface area (Å²) in [6, 6.07) is 15.0. The number of hydrogen-bond acceptors (Lipinski definition) is 6. The smallest absolute Gasteiger partial charge is 0.267 e. The largest absolute Gasteiger partial charge is 0.310 e. The quantitative estimate of drug-likeness (QED) is 0.393. The molecule has 0 bridgehead atoms. The van der Waals surface area contributed by atoms with Crippen LogP contribution in [-0.4, -0.2) is 40.6 Å². The second-order valence-electron chi connectivity index (χ2n) is 8.13. The molecule has 3 aromatic heterocycles. The maximum absolute atomic E-state index is 13.5. The Labute approximate surface area is 199 Å². The van der Waals surface area contributed by atoms with Crippen molar-refractivity contribution in [2.75, 3.05) is 11.1 Å². The Hall–Kier alpha value is -3.92. The minimum absolute atomic E-state index is 0.127. The maximum Gasteiger partial charge on any atom is 0.267 e. The van der Waals surface area contributed by atoms with Crippen LogP contribution in [-0.2, 0) is 11.8 Å². The van der Waals surface area contributed by atoms with Crippen molar-refractivity contribution in [1.82, 2.24) is 28.9 Å². The van der Waals surface area contributed by atoms with Gasteiger partial charge in [-0.15, -0.1) is 10.2 Å². The molecule has 5 rings (SSSR count). The fraction of sp³-hybridized carbons (Fsp3) is 0.208. The Kier molecular flexibility index (Phi) is 5.45. The van der Waals surface area contributed by atoms with E-state index in [1.807, 2.05) is 67.6 Å². The lowest BCUT2D eigenvalue weighted by molar-refractivity contribution is -0.113. The first-order valence-electron chi connectivity index (χ1n) is 10.7. The van der Waals surface area contributed by atoms with E-state index in [0.29, 0.717) is 27.7 Å². The van der Waals surface area contributed by atoms with E-state index in [0.717, 1.165) is 22.5 Å². The van der Waals surface area contributed by atoms with Crippen LogP contribution in [0.1, 0.15) is 16.8 Å². The Bertz CT molecular complexity index is 1630. The highest BCUT2D eigenvalue weighted by atomic mass is 32.2. The number of aryl methyl sites for hydroxylation is 3. The lowest BCUT2D eigenvalue weighted by atomic mass is 10.1. The third kappa shape index (κ3) is 3.65. The molecule has 0 radical (unpaired) electrons. The molecule has 0 aliphatic heterocycles. The average Bonchev–Trinajstić information content (AvgIpc) is 3.37. The van der Waals surface area contributed by atoms with Gasteiger partial charge in [-0.3, -0.25) is 18.7 Å². The monoisotopic (exact) mass is 473 g/mol. The van der Waals surface area contributed by atoms with Crippen molar-refractivity contribution in [3.05, 3.63) is 75.7 Å². The first-order chi connectivity index (χ1) is 16.3. The van der Waals surface area contributed by atoms with Crippen molar-refractivity contribution in [3.63, 3.8) is 0 Å². The number of para-hydroxylation sites is 1. The highest BCUT2D eigenvalue weighted by molar-refractivity contribution is 7.99. The second-order valence-corrected chi connectivity index (χ2v) is 9.07. The van der Waals surface area contributed by atoms with Gasteiger partial charge in [0, 0.05) is 13.1 Å². The number of benzene rings is 2. The molecule has 0 aliphatic carbocycles. The van der Waals surface area contributed by atoms with Crippen LogP contribution in [0.5, 0.6) is 0 Å². The molecule has 5 aromatic rings. The Morgan fingerprint density at radius 2 is 1.85 bits per heavy atom. The van der Waals surface area contributed by atoms with E-state index in [2.05, 4.69) is 20.6 Å². The van der Waals surface area contributed by atoms with Crippen molar-refractivity contribution < 1.29 is 4.79 Å². The lowest BCUT2D eigenvalue weighted by Crippen LogP contribution is -2.23. The number of carbonyl (C=O) groups is 1. The van der Waals surface area contributed by atoms with Crippen molar-refractivity contribution >= 4 is 40.2 Å². The third-order valence-corrected chi connectivity index (χ3v) is 6.74. The molecule has 10 heteroatoms. The van der Waals surface area contributed by atoms with Gasteiger partial charge in [0.15, 0.2) is 5.16 Å². The SMILES string of the molecule is Cc1cc(NC(=O)CSc2nnc3n(-c4cccc(C)c4C)c(=O)c4ccccc4n23)n(C)n1. The summed E-state index contributed by atoms with van der Waals surface area (Å²) in [5.74, 6) is 0.977. The molecule has 1 amide bonds. The first-order valence-corrected chi connectivity index (χ1v) is 11.7. The van der Waals surface area contributed by atoms with E-state index in [4.69, 9.17) is 0 Å². The highest BCUT2D eigenvalue weighted by Gasteiger charge is 2.20. The molecule has 3 heterocycles. The number of nitrogens with zero attached hydrogens (tertiary/aromatic N) is 6. The summed E-state index contributed by atoms with van der Waals surface area (Å²) < 4.78 is 5.06. The maximum atomic E-state index is 13.5. The predicted octanol–water partition coefficient (Wildman–Crippen LogP) is 3.42. The molecular formula is C24H23N7O2S. The number of thioether (sulfide) groups is 1. The fourth-order valence-electron chi connectivity index (χ4n) is 4.00. The van der Waals surface area contributed by atoms with Crippen molar-refractivity contribution in [2.24, 2.45) is 7.05 Å². The van der Waals surface area contributed by atoms with Gasteiger partial charge < -0.3 is 5.32 Å². The minimum Gasteiger partial charge on any atom is -0.310 e. The van der Waals surface area contributed by atoms with Gasteiger partial charge in [0.25, 0.3) is 5.56 Å². The predicted molar refractivity (Wildman–Crippen MR) is 133 cm³/mol. The van der Waals surface area contributed by atoms with Crippen LogP contribution in [0.3, 0.4) is 0 Å². The molecule has 0 saturated carbocycles. The van der Waals surface area contributed by atoms with Crippen LogP contribution in [0.4, 0.5) is 5.82 Å². The van der Waals surface area contributed by atoms with E-state index in [1.165, 1.54) is 11.8 Å². The van der Waals surface area contributed by atoms with Crippen LogP contribution >= 0.6 is 11.8 Å². The molecular weight excluding hydrogens is 450 g/mol. The van der Waals surface area contributed by atoms with Gasteiger partial charge in [-0.2, -0.15) is 5.10 Å². The van der Waals surface area contributed by atoms with Gasteiger partial charge in [-0.1, -0.05) is 36.0 Å². The number of carbonyl (C=O) groups excluding carboxylic acids is 1. The molecule has 2 aromatic carbocycles. The summed E-state index contributed by atoms with van der Waals surface area (Å²) >= 11 is 1.26. The van der Waals surface area contributed by atoms with Crippen LogP contribution in [0.2, 0.25) is 0 Å². The molecule has 1 N–H and O–H groups in total. The van der Waals surface area contributed by atoms with Crippen LogP contribution in [0.25, 0.3) is 22.4 Å². The standard InChI is InChI=1S/C24H23N7O2S/c1-14-8-7-11-18(16(14)3)30-22(33)17-9-5-6-10-19(17)31-23(30)26-27-24(31)34-13-21(32)25-20-12-15(2)28-29(20)4/h5-12H,13H2,1-4H3,(H,25,32). The topological polar surface area (TPSA) is 99.1 Å². The number of hydrogen-bond donors (Lipinski definition) is 1. The van der Waals surface area contributed by atoms with E-state index < -0.39 is 0 Å². The summed E-state index contributed by atoms with van der Waals surface area (Å²) in [7, 11) is 1.78. The summed E-state index contributed by atoms with van der Waals surface area (Å²) in [5.41, 5.74) is 4.18. The number of amides is 1.